The molecule has 1 aliphatic carbocycles. The second kappa shape index (κ2) is 9.75. The number of benzene rings is 1. The number of rotatable bonds is 6. The van der Waals surface area contributed by atoms with E-state index < -0.39 is 28.5 Å². The lowest BCUT2D eigenvalue weighted by Crippen LogP contribution is -2.46. The number of alkyl halides is 3. The fourth-order valence-electron chi connectivity index (χ4n) is 5.35. The van der Waals surface area contributed by atoms with Gasteiger partial charge in [0.1, 0.15) is 11.9 Å². The third-order valence-corrected chi connectivity index (χ3v) is 7.39. The number of hydrogen-bond donors (Lipinski definition) is 1. The lowest BCUT2D eigenvalue weighted by Gasteiger charge is -2.39. The molecule has 0 spiro atoms. The van der Waals surface area contributed by atoms with E-state index in [1.807, 2.05) is 0 Å². The minimum atomic E-state index is -4.59. The van der Waals surface area contributed by atoms with Gasteiger partial charge in [0.15, 0.2) is 0 Å². The van der Waals surface area contributed by atoms with Crippen molar-refractivity contribution < 1.29 is 32.2 Å². The van der Waals surface area contributed by atoms with Crippen LogP contribution in [0.5, 0.6) is 5.88 Å². The fraction of sp³-hybridized carbons (Fsp3) is 0.500. The van der Waals surface area contributed by atoms with Gasteiger partial charge >= 0.3 is 12.1 Å². The molecule has 1 aromatic carbocycles. The number of nitrogens with zero attached hydrogens (tertiary/aromatic N) is 2. The molecule has 2 bridgehead atoms. The SMILES string of the molecule is Cl.O=C(O)c1cc(C2CC2)c(CN2[C@@H]3CC[C@H]2C[C@@H](Oc2cc(C(F)(F)F)c(Cl)cn2)C3)cc1F. The monoisotopic (exact) mass is 534 g/mol. The van der Waals surface area contributed by atoms with Gasteiger partial charge in [-0.3, -0.25) is 4.90 Å². The quantitative estimate of drug-likeness (QED) is 0.430. The number of aromatic nitrogens is 1. The maximum absolute atomic E-state index is 14.5. The molecule has 11 heteroatoms. The Labute approximate surface area is 210 Å². The number of fused-ring (bicyclic) bond motifs is 2. The lowest BCUT2D eigenvalue weighted by atomic mass is 9.95. The van der Waals surface area contributed by atoms with Crippen LogP contribution < -0.4 is 4.74 Å². The number of piperidine rings is 1. The Balaban J connectivity index is 0.00000289. The number of ether oxygens (including phenoxy) is 1. The predicted molar refractivity (Wildman–Crippen MR) is 123 cm³/mol. The van der Waals surface area contributed by atoms with Gasteiger partial charge in [-0.1, -0.05) is 11.6 Å². The molecule has 2 aliphatic heterocycles. The Hall–Kier alpha value is -2.10. The van der Waals surface area contributed by atoms with Crippen molar-refractivity contribution in [2.45, 2.75) is 75.4 Å². The van der Waals surface area contributed by atoms with Crippen LogP contribution in [0.25, 0.3) is 0 Å². The van der Waals surface area contributed by atoms with E-state index in [4.69, 9.17) is 16.3 Å². The molecule has 0 unspecified atom stereocenters. The first kappa shape index (κ1) is 26.0. The van der Waals surface area contributed by atoms with Gasteiger partial charge in [-0.15, -0.1) is 12.4 Å². The van der Waals surface area contributed by atoms with Crippen molar-refractivity contribution in [1.29, 1.82) is 0 Å². The smallest absolute Gasteiger partial charge is 0.418 e. The lowest BCUT2D eigenvalue weighted by molar-refractivity contribution is -0.137. The summed E-state index contributed by atoms with van der Waals surface area (Å²) in [5, 5.41) is 8.82. The van der Waals surface area contributed by atoms with E-state index in [2.05, 4.69) is 9.88 Å². The third-order valence-electron chi connectivity index (χ3n) is 7.09. The van der Waals surface area contributed by atoms with Crippen LogP contribution in [0.15, 0.2) is 24.4 Å². The highest BCUT2D eigenvalue weighted by Gasteiger charge is 2.43. The van der Waals surface area contributed by atoms with E-state index in [-0.39, 0.29) is 48.0 Å². The van der Waals surface area contributed by atoms with Gasteiger partial charge in [-0.05, 0) is 67.7 Å². The Morgan fingerprint density at radius 1 is 1.14 bits per heavy atom. The van der Waals surface area contributed by atoms with E-state index in [0.717, 1.165) is 49.1 Å². The summed E-state index contributed by atoms with van der Waals surface area (Å²) in [6, 6.07) is 3.97. The van der Waals surface area contributed by atoms with Crippen molar-refractivity contribution in [3.05, 3.63) is 57.5 Å². The van der Waals surface area contributed by atoms with Crippen molar-refractivity contribution in [1.82, 2.24) is 9.88 Å². The number of carbonyl (C=O) groups is 1. The van der Waals surface area contributed by atoms with Gasteiger partial charge in [0.25, 0.3) is 0 Å². The molecule has 5 rings (SSSR count). The molecule has 5 nitrogen and oxygen atoms in total. The van der Waals surface area contributed by atoms with Crippen molar-refractivity contribution in [2.24, 2.45) is 0 Å². The predicted octanol–water partition coefficient (Wildman–Crippen LogP) is 6.46. The fourth-order valence-corrected chi connectivity index (χ4v) is 5.56. The molecule has 3 fully saturated rings. The van der Waals surface area contributed by atoms with Gasteiger partial charge < -0.3 is 9.84 Å². The summed E-state index contributed by atoms with van der Waals surface area (Å²) < 4.78 is 59.8. The van der Waals surface area contributed by atoms with E-state index in [0.29, 0.717) is 19.4 Å². The minimum Gasteiger partial charge on any atom is -0.478 e. The highest BCUT2D eigenvalue weighted by molar-refractivity contribution is 6.31. The second-order valence-electron chi connectivity index (χ2n) is 9.38. The molecule has 3 heterocycles. The van der Waals surface area contributed by atoms with Crippen LogP contribution >= 0.6 is 24.0 Å². The molecule has 0 radical (unpaired) electrons. The molecule has 190 valence electrons. The molecule has 1 N–H and O–H groups in total. The highest BCUT2D eigenvalue weighted by Crippen LogP contribution is 2.45. The molecule has 3 aliphatic rings. The topological polar surface area (TPSA) is 62.7 Å². The molecule has 35 heavy (non-hydrogen) atoms. The third kappa shape index (κ3) is 5.37. The van der Waals surface area contributed by atoms with E-state index in [9.17, 15) is 27.5 Å². The van der Waals surface area contributed by atoms with Crippen molar-refractivity contribution in [3.63, 3.8) is 0 Å². The van der Waals surface area contributed by atoms with Crippen LogP contribution in [0.4, 0.5) is 17.6 Å². The molecule has 1 saturated carbocycles. The molecule has 0 amide bonds. The molecule has 1 aromatic heterocycles. The molecular weight excluding hydrogens is 511 g/mol. The largest absolute Gasteiger partial charge is 0.478 e. The normalized spacial score (nSPS) is 24.2. The number of halogens is 6. The second-order valence-corrected chi connectivity index (χ2v) is 9.79. The molecule has 2 aromatic rings. The minimum absolute atomic E-state index is 0. The average Bonchev–Trinajstić information content (AvgIpc) is 3.56. The van der Waals surface area contributed by atoms with Crippen molar-refractivity contribution >= 4 is 30.0 Å². The Bertz CT molecular complexity index is 1110. The van der Waals surface area contributed by atoms with Crippen LogP contribution in [0.3, 0.4) is 0 Å². The summed E-state index contributed by atoms with van der Waals surface area (Å²) in [5.41, 5.74) is 0.450. The zero-order valence-electron chi connectivity index (χ0n) is 18.5. The number of hydrogen-bond acceptors (Lipinski definition) is 4. The summed E-state index contributed by atoms with van der Waals surface area (Å²) in [4.78, 5) is 17.6. The summed E-state index contributed by atoms with van der Waals surface area (Å²) in [7, 11) is 0. The van der Waals surface area contributed by atoms with E-state index >= 15 is 0 Å². The first-order chi connectivity index (χ1) is 16.1. The number of pyridine rings is 1. The molecular formula is C24H24Cl2F4N2O3. The van der Waals surface area contributed by atoms with Gasteiger partial charge in [-0.2, -0.15) is 13.2 Å². The van der Waals surface area contributed by atoms with Gasteiger partial charge in [0.2, 0.25) is 5.88 Å². The number of carboxylic acids is 1. The average molecular weight is 535 g/mol. The van der Waals surface area contributed by atoms with Crippen LogP contribution in [0.2, 0.25) is 5.02 Å². The first-order valence-corrected chi connectivity index (χ1v) is 11.7. The Morgan fingerprint density at radius 2 is 1.80 bits per heavy atom. The Morgan fingerprint density at radius 3 is 2.37 bits per heavy atom. The maximum atomic E-state index is 14.5. The van der Waals surface area contributed by atoms with Gasteiger partial charge in [0, 0.05) is 24.7 Å². The summed E-state index contributed by atoms with van der Waals surface area (Å²) >= 11 is 5.65. The van der Waals surface area contributed by atoms with Gasteiger partial charge in [-0.25, -0.2) is 14.2 Å². The van der Waals surface area contributed by atoms with Crippen molar-refractivity contribution in [3.8, 4) is 5.88 Å². The molecule has 2 saturated heterocycles. The highest BCUT2D eigenvalue weighted by atomic mass is 35.5. The van der Waals surface area contributed by atoms with Crippen molar-refractivity contribution in [2.75, 3.05) is 0 Å². The first-order valence-electron chi connectivity index (χ1n) is 11.3. The van der Waals surface area contributed by atoms with Gasteiger partial charge in [0.05, 0.1) is 22.3 Å². The standard InChI is InChI=1S/C24H23ClF4N2O3.ClH/c25-20-10-30-22(9-19(20)24(27,28)29)34-16-6-14-3-4-15(7-16)31(14)11-13-5-21(26)18(23(32)33)8-17(13)12-1-2-12;/h5,8-10,12,14-16H,1-4,6-7,11H2,(H,32,33);1H/t14-,15+,16+;. The van der Waals surface area contributed by atoms with Crippen LogP contribution in [0, 0.1) is 5.82 Å². The van der Waals surface area contributed by atoms with Crippen LogP contribution in [-0.4, -0.2) is 39.1 Å². The van der Waals surface area contributed by atoms with E-state index in [1.165, 1.54) is 12.1 Å². The van der Waals surface area contributed by atoms with Crippen LogP contribution in [0.1, 0.15) is 71.5 Å². The van der Waals surface area contributed by atoms with Crippen LogP contribution in [-0.2, 0) is 12.7 Å². The maximum Gasteiger partial charge on any atom is 0.418 e. The molecule has 3 atom stereocenters. The summed E-state index contributed by atoms with van der Waals surface area (Å²) in [6.45, 7) is 0.516. The zero-order chi connectivity index (χ0) is 24.2. The zero-order valence-corrected chi connectivity index (χ0v) is 20.1. The summed E-state index contributed by atoms with van der Waals surface area (Å²) in [5.74, 6) is -1.83. The number of carboxylic acid groups (broad SMARTS) is 1. The summed E-state index contributed by atoms with van der Waals surface area (Å²) in [6.07, 6.45) is 1.10. The van der Waals surface area contributed by atoms with E-state index in [1.54, 1.807) is 0 Å². The number of aromatic carboxylic acids is 1. The Kier molecular flexibility index (Phi) is 7.23.